The zero-order chi connectivity index (χ0) is 11.2. The van der Waals surface area contributed by atoms with Gasteiger partial charge in [-0.25, -0.2) is 0 Å². The highest BCUT2D eigenvalue weighted by atomic mass is 16.5. The molecule has 0 aromatic heterocycles. The SMILES string of the molecule is NCC1CCCCC1OC1CCCCCC1. The Morgan fingerprint density at radius 1 is 0.812 bits per heavy atom. The Bertz CT molecular complexity index is 187. The van der Waals surface area contributed by atoms with Crippen molar-refractivity contribution in [3.63, 3.8) is 0 Å². The summed E-state index contributed by atoms with van der Waals surface area (Å²) in [6.07, 6.45) is 14.4. The molecule has 0 aromatic carbocycles. The van der Waals surface area contributed by atoms with Crippen molar-refractivity contribution < 1.29 is 4.74 Å². The summed E-state index contributed by atoms with van der Waals surface area (Å²) < 4.78 is 6.34. The van der Waals surface area contributed by atoms with E-state index in [-0.39, 0.29) is 0 Å². The Hall–Kier alpha value is -0.0800. The minimum Gasteiger partial charge on any atom is -0.375 e. The van der Waals surface area contributed by atoms with Crippen LogP contribution in [0.15, 0.2) is 0 Å². The molecule has 0 aromatic rings. The van der Waals surface area contributed by atoms with Crippen LogP contribution < -0.4 is 5.73 Å². The van der Waals surface area contributed by atoms with Crippen molar-refractivity contribution in [2.45, 2.75) is 76.4 Å². The number of nitrogens with two attached hydrogens (primary N) is 1. The first-order chi connectivity index (χ1) is 7.90. The Labute approximate surface area is 99.9 Å². The highest BCUT2D eigenvalue weighted by Crippen LogP contribution is 2.30. The van der Waals surface area contributed by atoms with Gasteiger partial charge in [0.15, 0.2) is 0 Å². The third-order valence-electron chi connectivity index (χ3n) is 4.31. The van der Waals surface area contributed by atoms with E-state index < -0.39 is 0 Å². The molecule has 2 fully saturated rings. The van der Waals surface area contributed by atoms with Crippen LogP contribution in [0.25, 0.3) is 0 Å². The van der Waals surface area contributed by atoms with Gasteiger partial charge < -0.3 is 10.5 Å². The number of ether oxygens (including phenoxy) is 1. The molecule has 2 aliphatic rings. The molecule has 2 nitrogen and oxygen atoms in total. The summed E-state index contributed by atoms with van der Waals surface area (Å²) in [5.41, 5.74) is 5.85. The smallest absolute Gasteiger partial charge is 0.0619 e. The van der Waals surface area contributed by atoms with Crippen LogP contribution in [0.5, 0.6) is 0 Å². The molecule has 16 heavy (non-hydrogen) atoms. The standard InChI is InChI=1S/C14H27NO/c15-11-12-7-5-6-10-14(12)16-13-8-3-1-2-4-9-13/h12-14H,1-11,15H2. The Balaban J connectivity index is 1.81. The third-order valence-corrected chi connectivity index (χ3v) is 4.31. The molecule has 2 aliphatic carbocycles. The van der Waals surface area contributed by atoms with Gasteiger partial charge in [-0.2, -0.15) is 0 Å². The van der Waals surface area contributed by atoms with Crippen LogP contribution in [0.2, 0.25) is 0 Å². The monoisotopic (exact) mass is 225 g/mol. The zero-order valence-electron chi connectivity index (χ0n) is 10.5. The topological polar surface area (TPSA) is 35.2 Å². The van der Waals surface area contributed by atoms with Gasteiger partial charge >= 0.3 is 0 Å². The summed E-state index contributed by atoms with van der Waals surface area (Å²) in [5, 5.41) is 0. The summed E-state index contributed by atoms with van der Waals surface area (Å²) in [5.74, 6) is 0.636. The maximum absolute atomic E-state index is 6.34. The summed E-state index contributed by atoms with van der Waals surface area (Å²) in [6.45, 7) is 0.817. The van der Waals surface area contributed by atoms with Gasteiger partial charge in [0.1, 0.15) is 0 Å². The van der Waals surface area contributed by atoms with E-state index in [1.54, 1.807) is 0 Å². The summed E-state index contributed by atoms with van der Waals surface area (Å²) in [4.78, 5) is 0. The lowest BCUT2D eigenvalue weighted by molar-refractivity contribution is -0.0626. The van der Waals surface area contributed by atoms with Gasteiger partial charge in [0, 0.05) is 0 Å². The molecule has 2 rings (SSSR count). The van der Waals surface area contributed by atoms with E-state index in [0.717, 1.165) is 6.54 Å². The van der Waals surface area contributed by atoms with Crippen LogP contribution in [0.1, 0.15) is 64.2 Å². The van der Waals surface area contributed by atoms with Gasteiger partial charge in [0.2, 0.25) is 0 Å². The van der Waals surface area contributed by atoms with E-state index in [1.165, 1.54) is 64.2 Å². The van der Waals surface area contributed by atoms with Crippen LogP contribution in [-0.2, 0) is 4.74 Å². The van der Waals surface area contributed by atoms with Gasteiger partial charge in [0.05, 0.1) is 12.2 Å². The van der Waals surface area contributed by atoms with Crippen molar-refractivity contribution in [2.75, 3.05) is 6.54 Å². The van der Waals surface area contributed by atoms with Crippen LogP contribution in [0.3, 0.4) is 0 Å². The average molecular weight is 225 g/mol. The fourth-order valence-corrected chi connectivity index (χ4v) is 3.25. The van der Waals surface area contributed by atoms with E-state index in [2.05, 4.69) is 0 Å². The second kappa shape index (κ2) is 6.61. The van der Waals surface area contributed by atoms with Gasteiger partial charge in [-0.15, -0.1) is 0 Å². The van der Waals surface area contributed by atoms with E-state index in [0.29, 0.717) is 18.1 Å². The molecule has 2 heteroatoms. The fraction of sp³-hybridized carbons (Fsp3) is 1.00. The number of hydrogen-bond acceptors (Lipinski definition) is 2. The van der Waals surface area contributed by atoms with Crippen molar-refractivity contribution in [1.82, 2.24) is 0 Å². The Morgan fingerprint density at radius 2 is 1.44 bits per heavy atom. The van der Waals surface area contributed by atoms with E-state index in [4.69, 9.17) is 10.5 Å². The van der Waals surface area contributed by atoms with Crippen LogP contribution in [0.4, 0.5) is 0 Å². The zero-order valence-corrected chi connectivity index (χ0v) is 10.5. The van der Waals surface area contributed by atoms with E-state index in [9.17, 15) is 0 Å². The molecule has 0 spiro atoms. The van der Waals surface area contributed by atoms with Gasteiger partial charge in [0.25, 0.3) is 0 Å². The number of rotatable bonds is 3. The molecular formula is C14H27NO. The van der Waals surface area contributed by atoms with Crippen molar-refractivity contribution >= 4 is 0 Å². The molecule has 0 bridgehead atoms. The lowest BCUT2D eigenvalue weighted by Crippen LogP contribution is -2.35. The van der Waals surface area contributed by atoms with Crippen molar-refractivity contribution in [3.8, 4) is 0 Å². The second-order valence-corrected chi connectivity index (χ2v) is 5.57. The van der Waals surface area contributed by atoms with Gasteiger partial charge in [-0.05, 0) is 38.1 Å². The van der Waals surface area contributed by atoms with Crippen molar-refractivity contribution in [1.29, 1.82) is 0 Å². The molecule has 2 unspecified atom stereocenters. The molecule has 0 heterocycles. The first-order valence-corrected chi connectivity index (χ1v) is 7.25. The van der Waals surface area contributed by atoms with Crippen molar-refractivity contribution in [3.05, 3.63) is 0 Å². The van der Waals surface area contributed by atoms with Crippen LogP contribution in [0, 0.1) is 5.92 Å². The Morgan fingerprint density at radius 3 is 2.12 bits per heavy atom. The minimum atomic E-state index is 0.474. The van der Waals surface area contributed by atoms with Crippen LogP contribution in [-0.4, -0.2) is 18.8 Å². The molecule has 2 N–H and O–H groups in total. The highest BCUT2D eigenvalue weighted by molar-refractivity contribution is 4.78. The fourth-order valence-electron chi connectivity index (χ4n) is 3.25. The first kappa shape index (κ1) is 12.4. The van der Waals surface area contributed by atoms with Gasteiger partial charge in [-0.3, -0.25) is 0 Å². The maximum Gasteiger partial charge on any atom is 0.0619 e. The second-order valence-electron chi connectivity index (χ2n) is 5.57. The molecule has 2 atom stereocenters. The lowest BCUT2D eigenvalue weighted by atomic mass is 9.86. The number of hydrogen-bond donors (Lipinski definition) is 1. The third kappa shape index (κ3) is 3.46. The normalized spacial score (nSPS) is 33.6. The minimum absolute atomic E-state index is 0.474. The average Bonchev–Trinajstić information content (AvgIpc) is 2.58. The van der Waals surface area contributed by atoms with E-state index >= 15 is 0 Å². The highest BCUT2D eigenvalue weighted by Gasteiger charge is 2.27. The van der Waals surface area contributed by atoms with E-state index in [1.807, 2.05) is 0 Å². The van der Waals surface area contributed by atoms with Crippen LogP contribution >= 0.6 is 0 Å². The van der Waals surface area contributed by atoms with Gasteiger partial charge in [-0.1, -0.05) is 38.5 Å². The lowest BCUT2D eigenvalue weighted by Gasteiger charge is -2.33. The molecule has 2 saturated carbocycles. The maximum atomic E-state index is 6.34. The summed E-state index contributed by atoms with van der Waals surface area (Å²) in [6, 6.07) is 0. The molecule has 0 aliphatic heterocycles. The summed E-state index contributed by atoms with van der Waals surface area (Å²) in [7, 11) is 0. The predicted molar refractivity (Wildman–Crippen MR) is 67.4 cm³/mol. The van der Waals surface area contributed by atoms with Crippen molar-refractivity contribution in [2.24, 2.45) is 11.7 Å². The molecule has 94 valence electrons. The predicted octanol–water partition coefficient (Wildman–Crippen LogP) is 3.24. The first-order valence-electron chi connectivity index (χ1n) is 7.25. The quantitative estimate of drug-likeness (QED) is 0.748. The largest absolute Gasteiger partial charge is 0.375 e. The molecular weight excluding hydrogens is 198 g/mol. The molecule has 0 radical (unpaired) electrons. The molecule has 0 saturated heterocycles. The molecule has 0 amide bonds. The Kier molecular flexibility index (Phi) is 5.11. The summed E-state index contributed by atoms with van der Waals surface area (Å²) >= 11 is 0.